The van der Waals surface area contributed by atoms with Gasteiger partial charge in [0.2, 0.25) is 0 Å². The van der Waals surface area contributed by atoms with E-state index < -0.39 is 5.97 Å². The van der Waals surface area contributed by atoms with Crippen molar-refractivity contribution >= 4 is 40.7 Å². The standard InChI is InChI=1S/C18H14N2O3S2/c1-24-16-11-12(8-9-19-16)18(22)23-14-6-4-13(5-7-14)20-17(21)15-3-2-10-25-15/h2-11H,1H3,(H,20,21). The molecule has 1 amide bonds. The first-order valence-corrected chi connectivity index (χ1v) is 9.43. The number of esters is 1. The molecule has 7 heteroatoms. The van der Waals surface area contributed by atoms with Crippen molar-refractivity contribution in [2.24, 2.45) is 0 Å². The molecule has 1 N–H and O–H groups in total. The first-order valence-electron chi connectivity index (χ1n) is 7.33. The third kappa shape index (κ3) is 4.46. The van der Waals surface area contributed by atoms with Gasteiger partial charge in [0.1, 0.15) is 5.75 Å². The van der Waals surface area contributed by atoms with Gasteiger partial charge in [-0.2, -0.15) is 0 Å². The van der Waals surface area contributed by atoms with Crippen molar-refractivity contribution in [2.45, 2.75) is 5.03 Å². The third-order valence-corrected chi connectivity index (χ3v) is 4.76. The van der Waals surface area contributed by atoms with Gasteiger partial charge in [-0.3, -0.25) is 4.79 Å². The molecule has 0 aliphatic carbocycles. The number of hydrogen-bond acceptors (Lipinski definition) is 6. The highest BCUT2D eigenvalue weighted by atomic mass is 32.2. The summed E-state index contributed by atoms with van der Waals surface area (Å²) >= 11 is 2.83. The first kappa shape index (κ1) is 17.2. The van der Waals surface area contributed by atoms with Crippen LogP contribution in [0.2, 0.25) is 0 Å². The molecule has 25 heavy (non-hydrogen) atoms. The average Bonchev–Trinajstić information content (AvgIpc) is 3.18. The summed E-state index contributed by atoms with van der Waals surface area (Å²) in [7, 11) is 0. The predicted octanol–water partition coefficient (Wildman–Crippen LogP) is 4.34. The molecule has 0 spiro atoms. The summed E-state index contributed by atoms with van der Waals surface area (Å²) in [5, 5.41) is 5.39. The molecule has 0 atom stereocenters. The van der Waals surface area contributed by atoms with Gasteiger partial charge < -0.3 is 10.1 Å². The van der Waals surface area contributed by atoms with Crippen molar-refractivity contribution in [2.75, 3.05) is 11.6 Å². The van der Waals surface area contributed by atoms with Crippen LogP contribution in [0.25, 0.3) is 0 Å². The van der Waals surface area contributed by atoms with Gasteiger partial charge in [0, 0.05) is 11.9 Å². The molecule has 0 aliphatic rings. The molecule has 2 heterocycles. The Hall–Kier alpha value is -2.64. The molecule has 0 aliphatic heterocycles. The van der Waals surface area contributed by atoms with Gasteiger partial charge in [-0.15, -0.1) is 23.1 Å². The van der Waals surface area contributed by atoms with Crippen LogP contribution in [0.1, 0.15) is 20.0 Å². The van der Waals surface area contributed by atoms with E-state index in [1.54, 1.807) is 48.7 Å². The summed E-state index contributed by atoms with van der Waals surface area (Å²) in [6, 6.07) is 13.5. The lowest BCUT2D eigenvalue weighted by atomic mass is 10.2. The van der Waals surface area contributed by atoms with Gasteiger partial charge in [0.25, 0.3) is 5.91 Å². The highest BCUT2D eigenvalue weighted by molar-refractivity contribution is 7.98. The fourth-order valence-corrected chi connectivity index (χ4v) is 3.05. The first-order chi connectivity index (χ1) is 12.2. The van der Waals surface area contributed by atoms with E-state index in [2.05, 4.69) is 10.3 Å². The zero-order valence-electron chi connectivity index (χ0n) is 13.3. The Labute approximate surface area is 153 Å². The zero-order chi connectivity index (χ0) is 17.6. The molecule has 0 saturated heterocycles. The van der Waals surface area contributed by atoms with Gasteiger partial charge >= 0.3 is 5.97 Å². The maximum absolute atomic E-state index is 12.2. The molecule has 3 aromatic rings. The van der Waals surface area contributed by atoms with Gasteiger partial charge in [-0.1, -0.05) is 6.07 Å². The topological polar surface area (TPSA) is 68.3 Å². The normalized spacial score (nSPS) is 10.3. The number of amides is 1. The smallest absolute Gasteiger partial charge is 0.343 e. The average molecular weight is 370 g/mol. The number of nitrogens with one attached hydrogen (secondary N) is 1. The summed E-state index contributed by atoms with van der Waals surface area (Å²) in [5.41, 5.74) is 1.07. The highest BCUT2D eigenvalue weighted by Crippen LogP contribution is 2.19. The second kappa shape index (κ2) is 7.96. The summed E-state index contributed by atoms with van der Waals surface area (Å²) < 4.78 is 5.35. The number of thioether (sulfide) groups is 1. The van der Waals surface area contributed by atoms with Crippen molar-refractivity contribution in [3.05, 3.63) is 70.5 Å². The molecular formula is C18H14N2O3S2. The van der Waals surface area contributed by atoms with Gasteiger partial charge in [0.15, 0.2) is 0 Å². The minimum atomic E-state index is -0.451. The van der Waals surface area contributed by atoms with Crippen LogP contribution in [0.15, 0.2) is 65.1 Å². The molecule has 0 unspecified atom stereocenters. The van der Waals surface area contributed by atoms with Crippen LogP contribution in [0.5, 0.6) is 5.75 Å². The highest BCUT2D eigenvalue weighted by Gasteiger charge is 2.11. The van der Waals surface area contributed by atoms with Crippen LogP contribution in [-0.4, -0.2) is 23.1 Å². The molecule has 2 aromatic heterocycles. The number of pyridine rings is 1. The molecular weight excluding hydrogens is 356 g/mol. The summed E-state index contributed by atoms with van der Waals surface area (Å²) in [6.45, 7) is 0. The van der Waals surface area contributed by atoms with E-state index >= 15 is 0 Å². The second-order valence-corrected chi connectivity index (χ2v) is 6.71. The van der Waals surface area contributed by atoms with Crippen LogP contribution < -0.4 is 10.1 Å². The fourth-order valence-electron chi connectivity index (χ4n) is 2.02. The minimum absolute atomic E-state index is 0.166. The Kier molecular flexibility index (Phi) is 5.47. The van der Waals surface area contributed by atoms with Crippen molar-refractivity contribution in [1.82, 2.24) is 4.98 Å². The molecule has 5 nitrogen and oxygen atoms in total. The Morgan fingerprint density at radius 3 is 2.64 bits per heavy atom. The van der Waals surface area contributed by atoms with E-state index in [4.69, 9.17) is 4.74 Å². The summed E-state index contributed by atoms with van der Waals surface area (Å²) in [4.78, 5) is 28.9. The Balaban J connectivity index is 1.64. The van der Waals surface area contributed by atoms with E-state index in [0.717, 1.165) is 5.03 Å². The number of nitrogens with zero attached hydrogens (tertiary/aromatic N) is 1. The molecule has 0 radical (unpaired) electrons. The fraction of sp³-hybridized carbons (Fsp3) is 0.0556. The van der Waals surface area contributed by atoms with E-state index in [9.17, 15) is 9.59 Å². The molecule has 1 aromatic carbocycles. The minimum Gasteiger partial charge on any atom is -0.423 e. The molecule has 0 fully saturated rings. The maximum Gasteiger partial charge on any atom is 0.343 e. The number of ether oxygens (including phenoxy) is 1. The van der Waals surface area contributed by atoms with E-state index in [1.165, 1.54) is 23.1 Å². The number of aromatic nitrogens is 1. The lowest BCUT2D eigenvalue weighted by Gasteiger charge is -2.07. The van der Waals surface area contributed by atoms with Crippen LogP contribution in [0.3, 0.4) is 0 Å². The Morgan fingerprint density at radius 2 is 1.96 bits per heavy atom. The van der Waals surface area contributed by atoms with Crippen molar-refractivity contribution in [1.29, 1.82) is 0 Å². The van der Waals surface area contributed by atoms with Crippen LogP contribution in [0.4, 0.5) is 5.69 Å². The number of benzene rings is 1. The summed E-state index contributed by atoms with van der Waals surface area (Å²) in [6.07, 6.45) is 3.46. The Bertz CT molecular complexity index is 878. The van der Waals surface area contributed by atoms with E-state index in [0.29, 0.717) is 21.9 Å². The number of carbonyl (C=O) groups is 2. The van der Waals surface area contributed by atoms with E-state index in [1.807, 2.05) is 17.7 Å². The number of thiophene rings is 1. The van der Waals surface area contributed by atoms with Crippen LogP contribution >= 0.6 is 23.1 Å². The number of hydrogen-bond donors (Lipinski definition) is 1. The maximum atomic E-state index is 12.2. The zero-order valence-corrected chi connectivity index (χ0v) is 14.9. The van der Waals surface area contributed by atoms with Crippen molar-refractivity contribution in [3.63, 3.8) is 0 Å². The molecule has 0 bridgehead atoms. The lowest BCUT2D eigenvalue weighted by Crippen LogP contribution is -2.11. The third-order valence-electron chi connectivity index (χ3n) is 3.25. The summed E-state index contributed by atoms with van der Waals surface area (Å²) in [5.74, 6) is -0.212. The van der Waals surface area contributed by atoms with Gasteiger partial charge in [-0.05, 0) is 54.1 Å². The van der Waals surface area contributed by atoms with Crippen LogP contribution in [0, 0.1) is 0 Å². The second-order valence-electron chi connectivity index (χ2n) is 4.93. The SMILES string of the molecule is CSc1cc(C(=O)Oc2ccc(NC(=O)c3cccs3)cc2)ccn1. The lowest BCUT2D eigenvalue weighted by molar-refractivity contribution is 0.0734. The van der Waals surface area contributed by atoms with Gasteiger partial charge in [-0.25, -0.2) is 9.78 Å². The molecule has 0 saturated carbocycles. The molecule has 126 valence electrons. The van der Waals surface area contributed by atoms with E-state index in [-0.39, 0.29) is 5.91 Å². The van der Waals surface area contributed by atoms with Crippen molar-refractivity contribution in [3.8, 4) is 5.75 Å². The molecule has 3 rings (SSSR count). The number of anilines is 1. The van der Waals surface area contributed by atoms with Crippen LogP contribution in [-0.2, 0) is 0 Å². The largest absolute Gasteiger partial charge is 0.423 e. The number of carbonyl (C=O) groups excluding carboxylic acids is 2. The van der Waals surface area contributed by atoms with Gasteiger partial charge in [0.05, 0.1) is 15.5 Å². The predicted molar refractivity (Wildman–Crippen MR) is 99.7 cm³/mol. The number of rotatable bonds is 5. The monoisotopic (exact) mass is 370 g/mol. The van der Waals surface area contributed by atoms with Crippen molar-refractivity contribution < 1.29 is 14.3 Å². The quantitative estimate of drug-likeness (QED) is 0.411. The Morgan fingerprint density at radius 1 is 1.16 bits per heavy atom.